The summed E-state index contributed by atoms with van der Waals surface area (Å²) in [4.78, 5) is 19.6. The van der Waals surface area contributed by atoms with Gasteiger partial charge < -0.3 is 0 Å². The van der Waals surface area contributed by atoms with Crippen molar-refractivity contribution >= 4 is 11.5 Å². The number of rotatable bonds is 3. The number of alkyl halides is 2. The summed E-state index contributed by atoms with van der Waals surface area (Å²) in [5.74, 6) is -5.03. The average molecular weight is 237 g/mol. The Hall–Kier alpha value is -1.99. The van der Waals surface area contributed by atoms with Gasteiger partial charge in [-0.25, -0.2) is 13.2 Å². The fraction of sp³-hybridized carbons (Fsp3) is 0.125. The molecule has 0 spiro atoms. The maximum Gasteiger partial charge on any atom is 0.307 e. The summed E-state index contributed by atoms with van der Waals surface area (Å²) in [5, 5.41) is 10.2. The molecule has 0 amide bonds. The Balaban J connectivity index is 3.31. The number of hydrogen-bond acceptors (Lipinski definition) is 3. The highest BCUT2D eigenvalue weighted by molar-refractivity contribution is 5.98. The average Bonchev–Trinajstić information content (AvgIpc) is 2.19. The molecule has 0 bridgehead atoms. The molecule has 86 valence electrons. The van der Waals surface area contributed by atoms with Crippen molar-refractivity contribution < 1.29 is 27.3 Å². The Labute approximate surface area is 85.6 Å². The van der Waals surface area contributed by atoms with Gasteiger partial charge in [0, 0.05) is 0 Å². The molecule has 1 rings (SSSR count). The van der Waals surface area contributed by atoms with Crippen LogP contribution >= 0.6 is 0 Å². The monoisotopic (exact) mass is 237 g/mol. The smallest absolute Gasteiger partial charge is 0.288 e. The summed E-state index contributed by atoms with van der Waals surface area (Å²) < 4.78 is 49.7. The lowest BCUT2D eigenvalue weighted by Crippen LogP contribution is -2.13. The Morgan fingerprint density at radius 1 is 1.25 bits per heavy atom. The fourth-order valence-electron chi connectivity index (χ4n) is 0.983. The number of hydrogen-bond donors (Lipinski definition) is 0. The van der Waals surface area contributed by atoms with E-state index in [0.29, 0.717) is 0 Å². The molecule has 1 aromatic carbocycles. The van der Waals surface area contributed by atoms with Gasteiger partial charge in [0.15, 0.2) is 0 Å². The summed E-state index contributed by atoms with van der Waals surface area (Å²) in [6.45, 7) is 0. The number of benzene rings is 1. The van der Waals surface area contributed by atoms with Gasteiger partial charge in [-0.2, -0.15) is 4.39 Å². The van der Waals surface area contributed by atoms with Gasteiger partial charge in [0.25, 0.3) is 0 Å². The second-order valence-electron chi connectivity index (χ2n) is 2.71. The lowest BCUT2D eigenvalue weighted by atomic mass is 10.1. The number of carbonyl (C=O) groups excluding carboxylic acids is 1. The van der Waals surface area contributed by atoms with Gasteiger partial charge in [-0.05, 0) is 6.07 Å². The van der Waals surface area contributed by atoms with Crippen LogP contribution in [0.5, 0.6) is 0 Å². The van der Waals surface area contributed by atoms with Crippen LogP contribution in [0.25, 0.3) is 0 Å². The van der Waals surface area contributed by atoms with Crippen LogP contribution in [0.3, 0.4) is 0 Å². The summed E-state index contributed by atoms with van der Waals surface area (Å²) in [6, 6.07) is 0.174. The van der Waals surface area contributed by atoms with Crippen molar-refractivity contribution in [3.05, 3.63) is 39.4 Å². The molecular weight excluding hydrogens is 234 g/mol. The van der Waals surface area contributed by atoms with Gasteiger partial charge in [-0.15, -0.1) is 0 Å². The Morgan fingerprint density at radius 2 is 1.81 bits per heavy atom. The number of Topliss-reactive ketones (excluding diaryl/α,β-unsaturated/α-hetero) is 1. The summed E-state index contributed by atoms with van der Waals surface area (Å²) >= 11 is 0. The van der Waals surface area contributed by atoms with E-state index < -0.39 is 40.0 Å². The van der Waals surface area contributed by atoms with Gasteiger partial charge in [0.05, 0.1) is 16.6 Å². The van der Waals surface area contributed by atoms with Crippen molar-refractivity contribution in [2.75, 3.05) is 0 Å². The molecule has 0 aliphatic rings. The first kappa shape index (κ1) is 12.1. The van der Waals surface area contributed by atoms with Crippen molar-refractivity contribution in [2.24, 2.45) is 0 Å². The normalized spacial score (nSPS) is 10.6. The first-order valence-corrected chi connectivity index (χ1v) is 3.80. The standard InChI is InChI=1S/C8H3F4NO3/c9-4-2-6(13(15)16)5(10)1-3(4)7(14)8(11)12/h1-2,8H. The molecule has 0 aromatic heterocycles. The zero-order valence-corrected chi connectivity index (χ0v) is 7.42. The van der Waals surface area contributed by atoms with Crippen molar-refractivity contribution in [3.8, 4) is 0 Å². The number of ketones is 1. The van der Waals surface area contributed by atoms with Crippen molar-refractivity contribution in [2.45, 2.75) is 6.43 Å². The molecule has 0 aliphatic carbocycles. The summed E-state index contributed by atoms with van der Waals surface area (Å²) in [5.41, 5.74) is -2.43. The van der Waals surface area contributed by atoms with E-state index in [1.165, 1.54) is 0 Å². The molecule has 0 saturated heterocycles. The first-order valence-electron chi connectivity index (χ1n) is 3.80. The molecule has 1 aromatic rings. The van der Waals surface area contributed by atoms with E-state index in [2.05, 4.69) is 0 Å². The van der Waals surface area contributed by atoms with Gasteiger partial charge in [-0.3, -0.25) is 14.9 Å². The molecule has 0 aliphatic heterocycles. The number of carbonyl (C=O) groups is 1. The van der Waals surface area contributed by atoms with Gasteiger partial charge in [0.2, 0.25) is 11.6 Å². The number of nitro groups is 1. The quantitative estimate of drug-likeness (QED) is 0.351. The van der Waals surface area contributed by atoms with E-state index in [0.717, 1.165) is 0 Å². The molecule has 0 N–H and O–H groups in total. The van der Waals surface area contributed by atoms with Gasteiger partial charge in [-0.1, -0.05) is 0 Å². The van der Waals surface area contributed by atoms with E-state index >= 15 is 0 Å². The molecule has 0 saturated carbocycles. The maximum absolute atomic E-state index is 13.0. The zero-order chi connectivity index (χ0) is 12.5. The van der Waals surface area contributed by atoms with E-state index in [9.17, 15) is 32.5 Å². The van der Waals surface area contributed by atoms with Crippen LogP contribution in [0.2, 0.25) is 0 Å². The third-order valence-electron chi connectivity index (χ3n) is 1.70. The molecule has 0 fully saturated rings. The maximum atomic E-state index is 13.0. The molecule has 16 heavy (non-hydrogen) atoms. The molecule has 4 nitrogen and oxygen atoms in total. The van der Waals surface area contributed by atoms with E-state index in [1.807, 2.05) is 0 Å². The van der Waals surface area contributed by atoms with Crippen LogP contribution < -0.4 is 0 Å². The second-order valence-corrected chi connectivity index (χ2v) is 2.71. The summed E-state index contributed by atoms with van der Waals surface area (Å²) in [6.07, 6.45) is -3.50. The number of nitrogens with zero attached hydrogens (tertiary/aromatic N) is 1. The lowest BCUT2D eigenvalue weighted by Gasteiger charge is -2.02. The molecule has 8 heteroatoms. The van der Waals surface area contributed by atoms with Gasteiger partial charge >= 0.3 is 12.1 Å². The second kappa shape index (κ2) is 4.25. The van der Waals surface area contributed by atoms with E-state index in [1.54, 1.807) is 0 Å². The van der Waals surface area contributed by atoms with Crippen molar-refractivity contribution in [1.82, 2.24) is 0 Å². The fourth-order valence-corrected chi connectivity index (χ4v) is 0.983. The highest BCUT2D eigenvalue weighted by Gasteiger charge is 2.26. The highest BCUT2D eigenvalue weighted by atomic mass is 19.3. The van der Waals surface area contributed by atoms with E-state index in [-0.39, 0.29) is 12.1 Å². The Bertz CT molecular complexity index is 461. The minimum Gasteiger partial charge on any atom is -0.288 e. The predicted octanol–water partition coefficient (Wildman–Crippen LogP) is 2.32. The van der Waals surface area contributed by atoms with Crippen molar-refractivity contribution in [1.29, 1.82) is 0 Å². The molecule has 0 radical (unpaired) electrons. The lowest BCUT2D eigenvalue weighted by molar-refractivity contribution is -0.387. The zero-order valence-electron chi connectivity index (χ0n) is 7.42. The van der Waals surface area contributed by atoms with Crippen LogP contribution in [0.15, 0.2) is 12.1 Å². The van der Waals surface area contributed by atoms with Crippen LogP contribution in [-0.2, 0) is 0 Å². The van der Waals surface area contributed by atoms with Gasteiger partial charge in [0.1, 0.15) is 5.82 Å². The van der Waals surface area contributed by atoms with E-state index in [4.69, 9.17) is 0 Å². The van der Waals surface area contributed by atoms with Crippen molar-refractivity contribution in [3.63, 3.8) is 0 Å². The Morgan fingerprint density at radius 3 is 2.25 bits per heavy atom. The minimum atomic E-state index is -3.50. The molecule has 0 unspecified atom stereocenters. The molecule has 0 heterocycles. The third-order valence-corrected chi connectivity index (χ3v) is 1.70. The van der Waals surface area contributed by atoms with Crippen LogP contribution in [-0.4, -0.2) is 17.1 Å². The van der Waals surface area contributed by atoms with Crippen LogP contribution in [0, 0.1) is 21.7 Å². The number of halogens is 4. The summed E-state index contributed by atoms with van der Waals surface area (Å²) in [7, 11) is 0. The molecule has 0 atom stereocenters. The third kappa shape index (κ3) is 2.15. The minimum absolute atomic E-state index is 0.0853. The SMILES string of the molecule is O=C(c1cc(F)c([N+](=O)[O-])cc1F)C(F)F. The predicted molar refractivity (Wildman–Crippen MR) is 43.3 cm³/mol. The largest absolute Gasteiger partial charge is 0.307 e. The van der Waals surface area contributed by atoms with Crippen LogP contribution in [0.4, 0.5) is 23.2 Å². The first-order chi connectivity index (χ1) is 7.34. The molecular formula is C8H3F4NO3. The topological polar surface area (TPSA) is 60.2 Å². The highest BCUT2D eigenvalue weighted by Crippen LogP contribution is 2.22. The Kier molecular flexibility index (Phi) is 3.21. The van der Waals surface area contributed by atoms with Crippen LogP contribution in [0.1, 0.15) is 10.4 Å². The number of nitro benzene ring substituents is 1.